The number of phenols is 1. The smallest absolute Gasteiger partial charge is 0.305 e. The Morgan fingerprint density at radius 1 is 1.33 bits per heavy atom. The predicted molar refractivity (Wildman–Crippen MR) is 57.1 cm³/mol. The molecule has 0 heterocycles. The number of rotatable bonds is 2. The number of hydrogen-bond acceptors (Lipinski definition) is 3. The molecule has 1 aromatic carbocycles. The van der Waals surface area contributed by atoms with Gasteiger partial charge < -0.3 is 14.9 Å². The second-order valence-electron chi connectivity index (χ2n) is 3.16. The zero-order chi connectivity index (χ0) is 11.8. The molecule has 84 valence electrons. The predicted octanol–water partition coefficient (Wildman–Crippen LogP) is 2.13. The van der Waals surface area contributed by atoms with Gasteiger partial charge in [0.1, 0.15) is 0 Å². The molecule has 4 nitrogen and oxygen atoms in total. The number of methoxy groups -OCH3 is 1. The van der Waals surface area contributed by atoms with E-state index in [4.69, 9.17) is 14.9 Å². The first-order valence-electron chi connectivity index (χ1n) is 4.53. The number of carboxylic acids is 1. The van der Waals surface area contributed by atoms with Gasteiger partial charge >= 0.3 is 5.97 Å². The number of para-hydroxylation sites is 2. The average molecular weight is 212 g/mol. The van der Waals surface area contributed by atoms with Gasteiger partial charge in [-0.25, -0.2) is 0 Å². The SMILES string of the molecule is CC(C)C(=O)O.COc1ccccc1O. The number of benzene rings is 1. The van der Waals surface area contributed by atoms with Gasteiger partial charge in [0, 0.05) is 0 Å². The zero-order valence-corrected chi connectivity index (χ0v) is 9.10. The normalized spacial score (nSPS) is 9.07. The first-order chi connectivity index (χ1) is 6.99. The molecule has 0 aliphatic heterocycles. The Morgan fingerprint density at radius 2 is 1.80 bits per heavy atom. The van der Waals surface area contributed by atoms with Gasteiger partial charge in [-0.2, -0.15) is 0 Å². The van der Waals surface area contributed by atoms with E-state index in [1.807, 2.05) is 0 Å². The highest BCUT2D eigenvalue weighted by Crippen LogP contribution is 2.22. The van der Waals surface area contributed by atoms with Crippen molar-refractivity contribution in [2.45, 2.75) is 13.8 Å². The van der Waals surface area contributed by atoms with Crippen molar-refractivity contribution >= 4 is 5.97 Å². The Balaban J connectivity index is 0.000000288. The van der Waals surface area contributed by atoms with Crippen LogP contribution >= 0.6 is 0 Å². The Labute approximate surface area is 89.1 Å². The van der Waals surface area contributed by atoms with Crippen LogP contribution in [0.25, 0.3) is 0 Å². The van der Waals surface area contributed by atoms with Gasteiger partial charge in [-0.15, -0.1) is 0 Å². The molecular weight excluding hydrogens is 196 g/mol. The number of carbonyl (C=O) groups is 1. The fourth-order valence-corrected chi connectivity index (χ4v) is 0.630. The summed E-state index contributed by atoms with van der Waals surface area (Å²) in [5, 5.41) is 17.0. The average Bonchev–Trinajstić information content (AvgIpc) is 2.19. The lowest BCUT2D eigenvalue weighted by molar-refractivity contribution is -0.140. The van der Waals surface area contributed by atoms with E-state index in [9.17, 15) is 4.79 Å². The highest BCUT2D eigenvalue weighted by molar-refractivity contribution is 5.68. The number of aromatic hydroxyl groups is 1. The maximum absolute atomic E-state index is 9.70. The van der Waals surface area contributed by atoms with Crippen molar-refractivity contribution in [3.8, 4) is 11.5 Å². The van der Waals surface area contributed by atoms with Crippen LogP contribution in [0.15, 0.2) is 24.3 Å². The molecule has 0 aliphatic carbocycles. The molecule has 0 atom stereocenters. The van der Waals surface area contributed by atoms with E-state index >= 15 is 0 Å². The molecule has 0 fully saturated rings. The van der Waals surface area contributed by atoms with E-state index in [0.717, 1.165) is 0 Å². The minimum atomic E-state index is -0.741. The lowest BCUT2D eigenvalue weighted by Gasteiger charge is -1.99. The molecule has 0 unspecified atom stereocenters. The molecule has 0 aromatic heterocycles. The van der Waals surface area contributed by atoms with Crippen LogP contribution < -0.4 is 4.74 Å². The molecule has 1 rings (SSSR count). The third kappa shape index (κ3) is 5.57. The van der Waals surface area contributed by atoms with Crippen molar-refractivity contribution in [1.29, 1.82) is 0 Å². The van der Waals surface area contributed by atoms with Gasteiger partial charge in [0.25, 0.3) is 0 Å². The highest BCUT2D eigenvalue weighted by Gasteiger charge is 1.99. The molecule has 0 amide bonds. The number of hydrogen-bond donors (Lipinski definition) is 2. The maximum Gasteiger partial charge on any atom is 0.305 e. The second-order valence-corrected chi connectivity index (χ2v) is 3.16. The summed E-state index contributed by atoms with van der Waals surface area (Å²) in [6.07, 6.45) is 0. The van der Waals surface area contributed by atoms with Crippen LogP contribution in [0.3, 0.4) is 0 Å². The van der Waals surface area contributed by atoms with Crippen molar-refractivity contribution in [3.63, 3.8) is 0 Å². The van der Waals surface area contributed by atoms with Gasteiger partial charge in [0.2, 0.25) is 0 Å². The van der Waals surface area contributed by atoms with Gasteiger partial charge in [-0.3, -0.25) is 4.79 Å². The number of ether oxygens (including phenoxy) is 1. The summed E-state index contributed by atoms with van der Waals surface area (Å²) in [6.45, 7) is 3.28. The van der Waals surface area contributed by atoms with Gasteiger partial charge in [0.05, 0.1) is 13.0 Å². The second kappa shape index (κ2) is 6.70. The summed E-state index contributed by atoms with van der Waals surface area (Å²) in [5.74, 6) is -0.280. The molecule has 15 heavy (non-hydrogen) atoms. The number of phenolic OH excluding ortho intramolecular Hbond substituents is 1. The van der Waals surface area contributed by atoms with Crippen LogP contribution in [-0.4, -0.2) is 23.3 Å². The topological polar surface area (TPSA) is 66.8 Å². The van der Waals surface area contributed by atoms with E-state index in [1.54, 1.807) is 38.1 Å². The lowest BCUT2D eigenvalue weighted by Crippen LogP contribution is -2.03. The summed E-state index contributed by atoms with van der Waals surface area (Å²) in [6, 6.07) is 6.84. The summed E-state index contributed by atoms with van der Waals surface area (Å²) in [4.78, 5) is 9.70. The van der Waals surface area contributed by atoms with Gasteiger partial charge in [-0.05, 0) is 12.1 Å². The molecule has 0 saturated carbocycles. The van der Waals surface area contributed by atoms with E-state index < -0.39 is 5.97 Å². The lowest BCUT2D eigenvalue weighted by atomic mass is 10.2. The first-order valence-corrected chi connectivity index (χ1v) is 4.53. The van der Waals surface area contributed by atoms with Crippen molar-refractivity contribution in [2.24, 2.45) is 5.92 Å². The van der Waals surface area contributed by atoms with E-state index in [0.29, 0.717) is 5.75 Å². The van der Waals surface area contributed by atoms with Gasteiger partial charge in [0.15, 0.2) is 11.5 Å². The first kappa shape index (κ1) is 13.3. The minimum Gasteiger partial charge on any atom is -0.504 e. The summed E-state index contributed by atoms with van der Waals surface area (Å²) < 4.78 is 4.79. The quantitative estimate of drug-likeness (QED) is 0.788. The fraction of sp³-hybridized carbons (Fsp3) is 0.364. The van der Waals surface area contributed by atoms with Crippen LogP contribution in [0, 0.1) is 5.92 Å². The van der Waals surface area contributed by atoms with E-state index in [-0.39, 0.29) is 11.7 Å². The van der Waals surface area contributed by atoms with Crippen molar-refractivity contribution in [3.05, 3.63) is 24.3 Å². The minimum absolute atomic E-state index is 0.181. The van der Waals surface area contributed by atoms with Crippen LogP contribution in [0.1, 0.15) is 13.8 Å². The van der Waals surface area contributed by atoms with E-state index in [1.165, 1.54) is 7.11 Å². The summed E-state index contributed by atoms with van der Waals surface area (Å²) >= 11 is 0. The zero-order valence-electron chi connectivity index (χ0n) is 9.10. The molecule has 1 aromatic rings. The van der Waals surface area contributed by atoms with Gasteiger partial charge in [-0.1, -0.05) is 26.0 Å². The fourth-order valence-electron chi connectivity index (χ4n) is 0.630. The van der Waals surface area contributed by atoms with E-state index in [2.05, 4.69) is 0 Å². The third-order valence-corrected chi connectivity index (χ3v) is 1.58. The van der Waals surface area contributed by atoms with Crippen LogP contribution in [0.2, 0.25) is 0 Å². The Morgan fingerprint density at radius 3 is 2.07 bits per heavy atom. The molecule has 0 aliphatic rings. The summed E-state index contributed by atoms with van der Waals surface area (Å²) in [7, 11) is 1.52. The summed E-state index contributed by atoms with van der Waals surface area (Å²) in [5.41, 5.74) is 0. The monoisotopic (exact) mass is 212 g/mol. The van der Waals surface area contributed by atoms with Crippen molar-refractivity contribution in [1.82, 2.24) is 0 Å². The molecule has 0 radical (unpaired) electrons. The Hall–Kier alpha value is -1.71. The molecule has 2 N–H and O–H groups in total. The highest BCUT2D eigenvalue weighted by atomic mass is 16.5. The number of aliphatic carboxylic acids is 1. The third-order valence-electron chi connectivity index (χ3n) is 1.58. The van der Waals surface area contributed by atoms with Crippen LogP contribution in [-0.2, 0) is 4.79 Å². The Kier molecular flexibility index (Phi) is 5.94. The van der Waals surface area contributed by atoms with Crippen molar-refractivity contribution < 1.29 is 19.7 Å². The van der Waals surface area contributed by atoms with Crippen LogP contribution in [0.5, 0.6) is 11.5 Å². The molecule has 4 heteroatoms. The van der Waals surface area contributed by atoms with Crippen LogP contribution in [0.4, 0.5) is 0 Å². The maximum atomic E-state index is 9.70. The molecule has 0 saturated heterocycles. The number of carboxylic acid groups (broad SMARTS) is 1. The molecular formula is C11H16O4. The van der Waals surface area contributed by atoms with Crippen molar-refractivity contribution in [2.75, 3.05) is 7.11 Å². The largest absolute Gasteiger partial charge is 0.504 e. The molecule has 0 bridgehead atoms. The Bertz CT molecular complexity index is 307. The molecule has 0 spiro atoms. The standard InChI is InChI=1S/C7H8O2.C4H8O2/c1-9-7-5-3-2-4-6(7)8;1-3(2)4(5)6/h2-5,8H,1H3;3H,1-2H3,(H,5,6).